The number of carbonyl (C=O) groups excluding carboxylic acids is 1. The van der Waals surface area contributed by atoms with E-state index in [1.165, 1.54) is 25.3 Å². The molecule has 0 saturated heterocycles. The number of phenols is 1. The highest BCUT2D eigenvalue weighted by Gasteiger charge is 2.21. The number of carboxylic acid groups (broad SMARTS) is 1. The van der Waals surface area contributed by atoms with Gasteiger partial charge in [-0.25, -0.2) is 0 Å². The number of aliphatic carboxylic acids is 1. The smallest absolute Gasteiger partial charge is 0.323 e. The van der Waals surface area contributed by atoms with Crippen LogP contribution in [-0.2, 0) is 4.79 Å². The van der Waals surface area contributed by atoms with Gasteiger partial charge in [-0.3, -0.25) is 9.59 Å². The van der Waals surface area contributed by atoms with Gasteiger partial charge in [-0.1, -0.05) is 12.1 Å². The molecule has 0 aromatic heterocycles. The van der Waals surface area contributed by atoms with Crippen LogP contribution >= 0.6 is 0 Å². The number of rotatable bonds is 6. The molecule has 102 valence electrons. The van der Waals surface area contributed by atoms with Crippen molar-refractivity contribution in [3.05, 3.63) is 36.4 Å². The first-order valence-electron chi connectivity index (χ1n) is 5.49. The molecule has 0 aliphatic rings. The number of carboxylic acids is 1. The molecule has 0 saturated carbocycles. The second-order valence-electron chi connectivity index (χ2n) is 3.72. The number of benzene rings is 1. The summed E-state index contributed by atoms with van der Waals surface area (Å²) in [5, 5.41) is 18.6. The average molecular weight is 265 g/mol. The Kier molecular flexibility index (Phi) is 4.93. The van der Waals surface area contributed by atoms with Gasteiger partial charge >= 0.3 is 5.97 Å². The van der Waals surface area contributed by atoms with Crippen molar-refractivity contribution >= 4 is 11.9 Å². The summed E-state index contributed by atoms with van der Waals surface area (Å²) in [5.41, 5.74) is -0.0116. The maximum Gasteiger partial charge on any atom is 0.323 e. The predicted molar refractivity (Wildman–Crippen MR) is 68.4 cm³/mol. The van der Waals surface area contributed by atoms with Gasteiger partial charge in [-0.15, -0.1) is 6.58 Å². The zero-order valence-electron chi connectivity index (χ0n) is 10.5. The lowest BCUT2D eigenvalue weighted by Crippen LogP contribution is -2.35. The van der Waals surface area contributed by atoms with E-state index in [0.29, 0.717) is 0 Å². The average Bonchev–Trinajstić information content (AvgIpc) is 2.37. The number of hydrogen-bond acceptors (Lipinski definition) is 4. The molecule has 6 nitrogen and oxygen atoms in total. The van der Waals surface area contributed by atoms with Crippen molar-refractivity contribution in [3.8, 4) is 11.5 Å². The molecule has 0 spiro atoms. The highest BCUT2D eigenvalue weighted by Crippen LogP contribution is 2.30. The molecule has 0 fully saturated rings. The van der Waals surface area contributed by atoms with E-state index in [1.54, 1.807) is 6.07 Å². The Labute approximate surface area is 110 Å². The van der Waals surface area contributed by atoms with Crippen LogP contribution in [0.2, 0.25) is 0 Å². The Hall–Kier alpha value is -2.50. The molecule has 0 unspecified atom stereocenters. The number of ether oxygens (including phenoxy) is 1. The third-order valence-corrected chi connectivity index (χ3v) is 2.41. The minimum atomic E-state index is -1.14. The van der Waals surface area contributed by atoms with Gasteiger partial charge in [-0.2, -0.15) is 0 Å². The number of phenolic OH excluding ortho intramolecular Hbond substituents is 1. The Morgan fingerprint density at radius 3 is 2.68 bits per heavy atom. The summed E-state index contributed by atoms with van der Waals surface area (Å²) >= 11 is 0. The van der Waals surface area contributed by atoms with Crippen molar-refractivity contribution in [2.24, 2.45) is 0 Å². The number of hydrogen-bond donors (Lipinski definition) is 2. The van der Waals surface area contributed by atoms with E-state index in [1.807, 2.05) is 0 Å². The molecule has 0 aliphatic carbocycles. The molecule has 1 rings (SSSR count). The van der Waals surface area contributed by atoms with Crippen LogP contribution in [-0.4, -0.2) is 47.2 Å². The molecular weight excluding hydrogens is 250 g/mol. The lowest BCUT2D eigenvalue weighted by molar-refractivity contribution is -0.137. The van der Waals surface area contributed by atoms with Crippen molar-refractivity contribution in [2.45, 2.75) is 0 Å². The maximum atomic E-state index is 12.2. The fourth-order valence-electron chi connectivity index (χ4n) is 1.57. The van der Waals surface area contributed by atoms with Gasteiger partial charge in [0, 0.05) is 6.54 Å². The summed E-state index contributed by atoms with van der Waals surface area (Å²) in [6.45, 7) is 3.07. The van der Waals surface area contributed by atoms with Crippen LogP contribution < -0.4 is 4.74 Å². The highest BCUT2D eigenvalue weighted by atomic mass is 16.5. The molecule has 0 atom stereocenters. The number of aromatic hydroxyl groups is 1. The molecule has 1 aromatic carbocycles. The zero-order valence-corrected chi connectivity index (χ0v) is 10.5. The van der Waals surface area contributed by atoms with Gasteiger partial charge in [0.25, 0.3) is 5.91 Å². The molecule has 2 N–H and O–H groups in total. The van der Waals surface area contributed by atoms with Gasteiger partial charge < -0.3 is 19.8 Å². The van der Waals surface area contributed by atoms with Crippen molar-refractivity contribution in [1.29, 1.82) is 0 Å². The summed E-state index contributed by atoms with van der Waals surface area (Å²) < 4.78 is 4.90. The number of para-hydroxylation sites is 1. The van der Waals surface area contributed by atoms with E-state index >= 15 is 0 Å². The highest BCUT2D eigenvalue weighted by molar-refractivity contribution is 5.99. The van der Waals surface area contributed by atoms with Gasteiger partial charge in [-0.05, 0) is 12.1 Å². The molecule has 0 radical (unpaired) electrons. The maximum absolute atomic E-state index is 12.2. The van der Waals surface area contributed by atoms with Crippen molar-refractivity contribution in [1.82, 2.24) is 4.90 Å². The van der Waals surface area contributed by atoms with Crippen LogP contribution in [0.15, 0.2) is 30.9 Å². The van der Waals surface area contributed by atoms with Crippen LogP contribution in [0.25, 0.3) is 0 Å². The molecule has 0 aliphatic heterocycles. The van der Waals surface area contributed by atoms with Crippen molar-refractivity contribution in [3.63, 3.8) is 0 Å². The van der Waals surface area contributed by atoms with Crippen LogP contribution in [0.3, 0.4) is 0 Å². The Morgan fingerprint density at radius 1 is 1.47 bits per heavy atom. The Bertz CT molecular complexity index is 498. The monoisotopic (exact) mass is 265 g/mol. The lowest BCUT2D eigenvalue weighted by Gasteiger charge is -2.19. The third kappa shape index (κ3) is 3.48. The van der Waals surface area contributed by atoms with E-state index in [2.05, 4.69) is 6.58 Å². The van der Waals surface area contributed by atoms with Crippen LogP contribution in [0.1, 0.15) is 10.4 Å². The van der Waals surface area contributed by atoms with Gasteiger partial charge in [0.1, 0.15) is 6.54 Å². The standard InChI is InChI=1S/C13H15NO5/c1-3-7-14(8-11(15)16)13(18)9-5-4-6-10(19-2)12(9)17/h3-6,17H,1,7-8H2,2H3,(H,15,16). The molecule has 1 aromatic rings. The minimum absolute atomic E-state index is 0.0116. The zero-order chi connectivity index (χ0) is 14.4. The quantitative estimate of drug-likeness (QED) is 0.752. The van der Waals surface area contributed by atoms with E-state index in [9.17, 15) is 14.7 Å². The van der Waals surface area contributed by atoms with Gasteiger partial charge in [0.05, 0.1) is 12.7 Å². The topological polar surface area (TPSA) is 87.1 Å². The fraction of sp³-hybridized carbons (Fsp3) is 0.231. The summed E-state index contributed by atoms with van der Waals surface area (Å²) in [6, 6.07) is 4.44. The van der Waals surface area contributed by atoms with Gasteiger partial charge in [0.2, 0.25) is 0 Å². The second-order valence-corrected chi connectivity index (χ2v) is 3.72. The summed E-state index contributed by atoms with van der Waals surface area (Å²) in [6.07, 6.45) is 1.41. The van der Waals surface area contributed by atoms with Crippen LogP contribution in [0, 0.1) is 0 Å². The molecule has 0 bridgehead atoms. The van der Waals surface area contributed by atoms with E-state index in [0.717, 1.165) is 4.90 Å². The van der Waals surface area contributed by atoms with Crippen molar-refractivity contribution in [2.75, 3.05) is 20.2 Å². The molecule has 0 heterocycles. The molecular formula is C13H15NO5. The summed E-state index contributed by atoms with van der Waals surface area (Å²) in [7, 11) is 1.36. The van der Waals surface area contributed by atoms with Gasteiger partial charge in [0.15, 0.2) is 11.5 Å². The fourth-order valence-corrected chi connectivity index (χ4v) is 1.57. The molecule has 1 amide bonds. The van der Waals surface area contributed by atoms with E-state index < -0.39 is 18.4 Å². The first-order chi connectivity index (χ1) is 9.01. The Morgan fingerprint density at radius 2 is 2.16 bits per heavy atom. The number of methoxy groups -OCH3 is 1. The predicted octanol–water partition coefficient (Wildman–Crippen LogP) is 1.11. The lowest BCUT2D eigenvalue weighted by atomic mass is 10.1. The summed E-state index contributed by atoms with van der Waals surface area (Å²) in [5.74, 6) is -1.90. The molecule has 19 heavy (non-hydrogen) atoms. The van der Waals surface area contributed by atoms with E-state index in [4.69, 9.17) is 9.84 Å². The van der Waals surface area contributed by atoms with Crippen LogP contribution in [0.5, 0.6) is 11.5 Å². The van der Waals surface area contributed by atoms with Crippen LogP contribution in [0.4, 0.5) is 0 Å². The SMILES string of the molecule is C=CCN(CC(=O)O)C(=O)c1cccc(OC)c1O. The number of amides is 1. The largest absolute Gasteiger partial charge is 0.504 e. The van der Waals surface area contributed by atoms with E-state index in [-0.39, 0.29) is 23.6 Å². The first-order valence-corrected chi connectivity index (χ1v) is 5.49. The minimum Gasteiger partial charge on any atom is -0.504 e. The normalized spacial score (nSPS) is 9.74. The first kappa shape index (κ1) is 14.6. The summed E-state index contributed by atoms with van der Waals surface area (Å²) in [4.78, 5) is 23.9. The third-order valence-electron chi connectivity index (χ3n) is 2.41. The molecule has 6 heteroatoms. The van der Waals surface area contributed by atoms with Crippen molar-refractivity contribution < 1.29 is 24.5 Å². The number of nitrogens with zero attached hydrogens (tertiary/aromatic N) is 1. The Balaban J connectivity index is 3.08. The number of carbonyl (C=O) groups is 2. The second kappa shape index (κ2) is 6.44.